The Balaban J connectivity index is 2.43. The van der Waals surface area contributed by atoms with E-state index in [1.165, 1.54) is 6.07 Å². The molecule has 0 unspecified atom stereocenters. The van der Waals surface area contributed by atoms with Crippen molar-refractivity contribution in [2.75, 3.05) is 6.54 Å². The van der Waals surface area contributed by atoms with Crippen LogP contribution in [0.25, 0.3) is 0 Å². The van der Waals surface area contributed by atoms with Gasteiger partial charge in [-0.15, -0.1) is 0 Å². The molecule has 0 aliphatic carbocycles. The number of quaternary nitrogens is 1. The van der Waals surface area contributed by atoms with E-state index in [0.29, 0.717) is 5.56 Å². The Bertz CT molecular complexity index is 538. The first kappa shape index (κ1) is 18.0. The molecule has 0 heterocycles. The van der Waals surface area contributed by atoms with E-state index >= 15 is 0 Å². The highest BCUT2D eigenvalue weighted by Crippen LogP contribution is 2.12. The highest BCUT2D eigenvalue weighted by Gasteiger charge is 2.15. The van der Waals surface area contributed by atoms with Crippen molar-refractivity contribution in [3.8, 4) is 0 Å². The minimum absolute atomic E-state index is 0.00802. The second-order valence-corrected chi connectivity index (χ2v) is 5.23. The molecule has 1 rings (SSSR count). The molecule has 0 spiro atoms. The van der Waals surface area contributed by atoms with Crippen LogP contribution in [0, 0.1) is 11.6 Å². The van der Waals surface area contributed by atoms with Crippen LogP contribution in [-0.2, 0) is 4.79 Å². The third-order valence-corrected chi connectivity index (χ3v) is 3.37. The molecule has 0 aromatic heterocycles. The van der Waals surface area contributed by atoms with E-state index in [2.05, 4.69) is 10.6 Å². The van der Waals surface area contributed by atoms with Gasteiger partial charge >= 0.3 is 6.03 Å². The van der Waals surface area contributed by atoms with Gasteiger partial charge in [0, 0.05) is 11.6 Å². The third-order valence-electron chi connectivity index (χ3n) is 3.37. The van der Waals surface area contributed by atoms with Crippen molar-refractivity contribution < 1.29 is 23.7 Å². The zero-order chi connectivity index (χ0) is 16.7. The molecule has 122 valence electrons. The van der Waals surface area contributed by atoms with E-state index in [9.17, 15) is 18.4 Å². The van der Waals surface area contributed by atoms with E-state index in [1.54, 1.807) is 12.2 Å². The van der Waals surface area contributed by atoms with Crippen molar-refractivity contribution in [1.29, 1.82) is 0 Å². The number of benzene rings is 1. The van der Waals surface area contributed by atoms with Crippen molar-refractivity contribution in [2.24, 2.45) is 0 Å². The number of nitrogens with one attached hydrogen (secondary N) is 2. The molecule has 22 heavy (non-hydrogen) atoms. The predicted molar refractivity (Wildman–Crippen MR) is 78.0 cm³/mol. The third kappa shape index (κ3) is 5.77. The maximum atomic E-state index is 13.1. The summed E-state index contributed by atoms with van der Waals surface area (Å²) in [4.78, 5) is 23.1. The normalized spacial score (nSPS) is 13.3. The van der Waals surface area contributed by atoms with Gasteiger partial charge in [0.1, 0.15) is 6.04 Å². The molecular weight excluding hydrogens is 292 g/mol. The van der Waals surface area contributed by atoms with E-state index in [1.807, 2.05) is 13.8 Å². The second-order valence-electron chi connectivity index (χ2n) is 5.23. The SMILES string of the molecule is CC[C@@H](C)NC(=O)NC(=O)C[NH2+][C@@H](C)c1ccc(F)c(F)c1. The van der Waals surface area contributed by atoms with Gasteiger partial charge in [0.15, 0.2) is 18.2 Å². The molecule has 4 N–H and O–H groups in total. The molecular formula is C15H22F2N3O2+. The molecule has 0 aliphatic heterocycles. The lowest BCUT2D eigenvalue weighted by atomic mass is 10.1. The zero-order valence-electron chi connectivity index (χ0n) is 13.0. The van der Waals surface area contributed by atoms with Crippen molar-refractivity contribution in [3.63, 3.8) is 0 Å². The van der Waals surface area contributed by atoms with Crippen molar-refractivity contribution in [1.82, 2.24) is 10.6 Å². The Hall–Kier alpha value is -2.02. The number of rotatable bonds is 6. The molecule has 0 radical (unpaired) electrons. The topological polar surface area (TPSA) is 74.8 Å². The summed E-state index contributed by atoms with van der Waals surface area (Å²) >= 11 is 0. The molecule has 1 aromatic rings. The van der Waals surface area contributed by atoms with Gasteiger partial charge in [-0.05, 0) is 38.5 Å². The van der Waals surface area contributed by atoms with Gasteiger partial charge < -0.3 is 10.6 Å². The smallest absolute Gasteiger partial charge is 0.321 e. The van der Waals surface area contributed by atoms with E-state index in [-0.39, 0.29) is 18.6 Å². The molecule has 0 saturated heterocycles. The van der Waals surface area contributed by atoms with Gasteiger partial charge in [-0.2, -0.15) is 0 Å². The van der Waals surface area contributed by atoms with Gasteiger partial charge in [0.25, 0.3) is 5.91 Å². The maximum absolute atomic E-state index is 13.1. The van der Waals surface area contributed by atoms with Gasteiger partial charge in [-0.1, -0.05) is 6.92 Å². The molecule has 0 bridgehead atoms. The Morgan fingerprint density at radius 1 is 1.23 bits per heavy atom. The average Bonchev–Trinajstić information content (AvgIpc) is 2.47. The summed E-state index contributed by atoms with van der Waals surface area (Å²) in [6.07, 6.45) is 0.765. The molecule has 0 saturated carbocycles. The van der Waals surface area contributed by atoms with Crippen LogP contribution in [0.4, 0.5) is 13.6 Å². The van der Waals surface area contributed by atoms with E-state index < -0.39 is 23.6 Å². The largest absolute Gasteiger partial charge is 0.335 e. The summed E-state index contributed by atoms with van der Waals surface area (Å²) in [6, 6.07) is 2.83. The highest BCUT2D eigenvalue weighted by atomic mass is 19.2. The lowest BCUT2D eigenvalue weighted by Crippen LogP contribution is -2.87. The Kier molecular flexibility index (Phi) is 6.91. The van der Waals surface area contributed by atoms with Crippen LogP contribution >= 0.6 is 0 Å². The van der Waals surface area contributed by atoms with Crippen LogP contribution in [0.5, 0.6) is 0 Å². The molecule has 3 amide bonds. The fourth-order valence-electron chi connectivity index (χ4n) is 1.76. The summed E-state index contributed by atoms with van der Waals surface area (Å²) in [5, 5.41) is 6.47. The minimum atomic E-state index is -0.921. The number of halogens is 2. The zero-order valence-corrected chi connectivity index (χ0v) is 13.0. The van der Waals surface area contributed by atoms with Gasteiger partial charge in [-0.25, -0.2) is 13.6 Å². The van der Waals surface area contributed by atoms with Crippen molar-refractivity contribution in [2.45, 2.75) is 39.3 Å². The fraction of sp³-hybridized carbons (Fsp3) is 0.467. The second kappa shape index (κ2) is 8.43. The van der Waals surface area contributed by atoms with Crippen LogP contribution in [0.1, 0.15) is 38.8 Å². The molecule has 0 fully saturated rings. The van der Waals surface area contributed by atoms with Gasteiger partial charge in [0.2, 0.25) is 0 Å². The Morgan fingerprint density at radius 3 is 2.50 bits per heavy atom. The maximum Gasteiger partial charge on any atom is 0.321 e. The summed E-state index contributed by atoms with van der Waals surface area (Å²) in [5.41, 5.74) is 0.566. The van der Waals surface area contributed by atoms with Crippen LogP contribution in [-0.4, -0.2) is 24.5 Å². The van der Waals surface area contributed by atoms with E-state index in [4.69, 9.17) is 0 Å². The summed E-state index contributed by atoms with van der Waals surface area (Å²) in [5.74, 6) is -2.28. The number of hydrogen-bond donors (Lipinski definition) is 3. The molecule has 7 heteroatoms. The quantitative estimate of drug-likeness (QED) is 0.738. The van der Waals surface area contributed by atoms with Gasteiger partial charge in [-0.3, -0.25) is 10.1 Å². The van der Waals surface area contributed by atoms with Gasteiger partial charge in [0.05, 0.1) is 0 Å². The van der Waals surface area contributed by atoms with Crippen LogP contribution < -0.4 is 16.0 Å². The number of carbonyl (C=O) groups excluding carboxylic acids is 2. The number of carbonyl (C=O) groups is 2. The summed E-state index contributed by atoms with van der Waals surface area (Å²) in [7, 11) is 0. The van der Waals surface area contributed by atoms with Crippen LogP contribution in [0.3, 0.4) is 0 Å². The monoisotopic (exact) mass is 314 g/mol. The molecule has 1 aromatic carbocycles. The number of nitrogens with two attached hydrogens (primary N) is 1. The summed E-state index contributed by atoms with van der Waals surface area (Å²) in [6.45, 7) is 5.53. The summed E-state index contributed by atoms with van der Waals surface area (Å²) < 4.78 is 26.0. The van der Waals surface area contributed by atoms with Crippen LogP contribution in [0.15, 0.2) is 18.2 Å². The van der Waals surface area contributed by atoms with Crippen molar-refractivity contribution in [3.05, 3.63) is 35.4 Å². The number of hydrogen-bond acceptors (Lipinski definition) is 2. The number of imide groups is 1. The molecule has 2 atom stereocenters. The predicted octanol–water partition coefficient (Wildman–Crippen LogP) is 1.21. The number of amides is 3. The molecule has 0 aliphatic rings. The number of urea groups is 1. The van der Waals surface area contributed by atoms with Crippen molar-refractivity contribution >= 4 is 11.9 Å². The van der Waals surface area contributed by atoms with E-state index in [0.717, 1.165) is 18.6 Å². The fourth-order valence-corrected chi connectivity index (χ4v) is 1.76. The minimum Gasteiger partial charge on any atom is -0.335 e. The first-order chi connectivity index (χ1) is 10.3. The Morgan fingerprint density at radius 2 is 1.91 bits per heavy atom. The first-order valence-electron chi connectivity index (χ1n) is 7.22. The standard InChI is InChI=1S/C15H21F2N3O2/c1-4-9(2)19-15(22)20-14(21)8-18-10(3)11-5-6-12(16)13(17)7-11/h5-7,9-10,18H,4,8H2,1-3H3,(H2,19,20,21,22)/p+1/t9-,10+/m1/s1. The highest BCUT2D eigenvalue weighted by molar-refractivity contribution is 5.94. The Labute approximate surface area is 128 Å². The molecule has 5 nitrogen and oxygen atoms in total. The average molecular weight is 314 g/mol. The lowest BCUT2D eigenvalue weighted by Gasteiger charge is -2.13. The van der Waals surface area contributed by atoms with Crippen LogP contribution in [0.2, 0.25) is 0 Å². The first-order valence-corrected chi connectivity index (χ1v) is 7.22. The lowest BCUT2D eigenvalue weighted by molar-refractivity contribution is -0.682.